The molecular formula is C12H19ClNO4P. The number of hydrogen-bond acceptors (Lipinski definition) is 3. The summed E-state index contributed by atoms with van der Waals surface area (Å²) < 4.78 is 16.9. The van der Waals surface area contributed by atoms with Crippen LogP contribution in [0.15, 0.2) is 18.2 Å². The van der Waals surface area contributed by atoms with Gasteiger partial charge in [-0.1, -0.05) is 43.3 Å². The van der Waals surface area contributed by atoms with Gasteiger partial charge in [0.05, 0.1) is 12.1 Å². The molecule has 7 heteroatoms. The first kappa shape index (κ1) is 16.5. The van der Waals surface area contributed by atoms with Crippen LogP contribution in [0.1, 0.15) is 26.3 Å². The molecule has 0 saturated heterocycles. The van der Waals surface area contributed by atoms with E-state index in [0.29, 0.717) is 0 Å². The molecule has 0 heterocycles. The van der Waals surface area contributed by atoms with Gasteiger partial charge in [0, 0.05) is 7.05 Å². The number of hydroxylamine groups is 1. The highest BCUT2D eigenvalue weighted by atomic mass is 35.5. The van der Waals surface area contributed by atoms with E-state index in [1.165, 1.54) is 14.2 Å². The Labute approximate surface area is 118 Å². The second-order valence-corrected chi connectivity index (χ2v) is 7.26. The number of nitrogens with zero attached hydrogens (tertiary/aromatic N) is 1. The van der Waals surface area contributed by atoms with Crippen molar-refractivity contribution in [3.05, 3.63) is 28.8 Å². The molecule has 0 radical (unpaired) electrons. The van der Waals surface area contributed by atoms with E-state index in [1.807, 2.05) is 6.07 Å². The standard InChI is InChI=1S/C12H19ClNO4P/c1-12(2,3)9-6-7-11(10(13)8-9)18-19(15,16)14(4)17-5/h6-8H,1-5H3,(H,15,16). The van der Waals surface area contributed by atoms with E-state index < -0.39 is 7.75 Å². The van der Waals surface area contributed by atoms with E-state index in [-0.39, 0.29) is 16.2 Å². The van der Waals surface area contributed by atoms with E-state index >= 15 is 0 Å². The van der Waals surface area contributed by atoms with Crippen LogP contribution in [0.5, 0.6) is 5.75 Å². The maximum atomic E-state index is 11.8. The fraction of sp³-hybridized carbons (Fsp3) is 0.500. The molecule has 0 aliphatic heterocycles. The van der Waals surface area contributed by atoms with Crippen LogP contribution in [0.4, 0.5) is 0 Å². The summed E-state index contributed by atoms with van der Waals surface area (Å²) in [7, 11) is -1.48. The van der Waals surface area contributed by atoms with E-state index in [9.17, 15) is 9.46 Å². The molecule has 1 aromatic carbocycles. The van der Waals surface area contributed by atoms with E-state index in [4.69, 9.17) is 16.1 Å². The number of benzene rings is 1. The Hall–Kier alpha value is -0.580. The van der Waals surface area contributed by atoms with Crippen LogP contribution < -0.4 is 4.52 Å². The molecule has 1 aromatic rings. The Kier molecular flexibility index (Phi) is 5.04. The lowest BCUT2D eigenvalue weighted by Gasteiger charge is -2.23. The van der Waals surface area contributed by atoms with Crippen molar-refractivity contribution in [2.45, 2.75) is 26.2 Å². The molecule has 0 saturated carbocycles. The summed E-state index contributed by atoms with van der Waals surface area (Å²) in [5.41, 5.74) is 0.951. The van der Waals surface area contributed by atoms with Gasteiger partial charge in [0.2, 0.25) is 0 Å². The summed E-state index contributed by atoms with van der Waals surface area (Å²) in [5.74, 6) is 0.143. The minimum Gasteiger partial charge on any atom is -0.410 e. The summed E-state index contributed by atoms with van der Waals surface area (Å²) in [6.07, 6.45) is 0. The Morgan fingerprint density at radius 3 is 2.37 bits per heavy atom. The van der Waals surface area contributed by atoms with Crippen LogP contribution in [-0.4, -0.2) is 23.9 Å². The molecule has 0 amide bonds. The minimum absolute atomic E-state index is 0.0611. The van der Waals surface area contributed by atoms with Gasteiger partial charge >= 0.3 is 7.75 Å². The predicted octanol–water partition coefficient (Wildman–Crippen LogP) is 3.61. The fourth-order valence-corrected chi connectivity index (χ4v) is 2.34. The first-order valence-electron chi connectivity index (χ1n) is 5.68. The molecule has 0 aliphatic carbocycles. The zero-order valence-corrected chi connectivity index (χ0v) is 13.3. The topological polar surface area (TPSA) is 59.0 Å². The average Bonchev–Trinajstić information content (AvgIpc) is 2.29. The maximum Gasteiger partial charge on any atom is 0.481 e. The van der Waals surface area contributed by atoms with Crippen molar-refractivity contribution in [1.82, 2.24) is 4.83 Å². The van der Waals surface area contributed by atoms with Gasteiger partial charge in [0.25, 0.3) is 0 Å². The van der Waals surface area contributed by atoms with E-state index in [1.54, 1.807) is 12.1 Å². The van der Waals surface area contributed by atoms with E-state index in [0.717, 1.165) is 10.4 Å². The van der Waals surface area contributed by atoms with Gasteiger partial charge in [0.15, 0.2) is 0 Å². The molecule has 1 atom stereocenters. The lowest BCUT2D eigenvalue weighted by molar-refractivity contribution is -0.0485. The molecule has 0 aromatic heterocycles. The molecule has 1 N–H and O–H groups in total. The normalized spacial score (nSPS) is 15.4. The molecule has 0 bridgehead atoms. The van der Waals surface area contributed by atoms with Crippen LogP contribution in [-0.2, 0) is 14.8 Å². The quantitative estimate of drug-likeness (QED) is 0.680. The molecule has 1 rings (SSSR count). The lowest BCUT2D eigenvalue weighted by Crippen LogP contribution is -2.16. The Bertz CT molecular complexity index is 501. The number of rotatable bonds is 4. The molecule has 108 valence electrons. The molecule has 0 spiro atoms. The largest absolute Gasteiger partial charge is 0.481 e. The second-order valence-electron chi connectivity index (χ2n) is 5.12. The average molecular weight is 308 g/mol. The van der Waals surface area contributed by atoms with Crippen LogP contribution in [0.25, 0.3) is 0 Å². The van der Waals surface area contributed by atoms with Gasteiger partial charge in [-0.15, -0.1) is 0 Å². The van der Waals surface area contributed by atoms with Crippen LogP contribution >= 0.6 is 19.3 Å². The Morgan fingerprint density at radius 1 is 1.37 bits per heavy atom. The highest BCUT2D eigenvalue weighted by molar-refractivity contribution is 7.50. The zero-order chi connectivity index (χ0) is 14.8. The molecule has 0 fully saturated rings. The van der Waals surface area contributed by atoms with Crippen molar-refractivity contribution < 1.29 is 18.8 Å². The third kappa shape index (κ3) is 4.20. The monoisotopic (exact) mass is 307 g/mol. The third-order valence-electron chi connectivity index (χ3n) is 2.64. The van der Waals surface area contributed by atoms with Crippen molar-refractivity contribution in [2.24, 2.45) is 0 Å². The summed E-state index contributed by atoms with van der Waals surface area (Å²) in [5, 5.41) is 0.284. The number of hydrogen-bond donors (Lipinski definition) is 1. The Morgan fingerprint density at radius 2 is 1.95 bits per heavy atom. The predicted molar refractivity (Wildman–Crippen MR) is 75.4 cm³/mol. The van der Waals surface area contributed by atoms with Gasteiger partial charge in [0.1, 0.15) is 5.75 Å². The van der Waals surface area contributed by atoms with Crippen molar-refractivity contribution >= 4 is 19.3 Å². The van der Waals surface area contributed by atoms with Gasteiger partial charge in [-0.05, 0) is 23.1 Å². The van der Waals surface area contributed by atoms with Crippen LogP contribution in [0, 0.1) is 0 Å². The summed E-state index contributed by atoms with van der Waals surface area (Å²) >= 11 is 6.07. The molecule has 5 nitrogen and oxygen atoms in total. The van der Waals surface area contributed by atoms with Crippen LogP contribution in [0.2, 0.25) is 5.02 Å². The van der Waals surface area contributed by atoms with Gasteiger partial charge in [-0.2, -0.15) is 0 Å². The van der Waals surface area contributed by atoms with Crippen molar-refractivity contribution in [2.75, 3.05) is 14.2 Å². The first-order chi connectivity index (χ1) is 8.58. The zero-order valence-electron chi connectivity index (χ0n) is 11.7. The number of halogens is 1. The molecular weight excluding hydrogens is 289 g/mol. The minimum atomic E-state index is -4.06. The lowest BCUT2D eigenvalue weighted by atomic mass is 9.87. The highest BCUT2D eigenvalue weighted by Crippen LogP contribution is 2.47. The van der Waals surface area contributed by atoms with Crippen LogP contribution in [0.3, 0.4) is 0 Å². The first-order valence-corrected chi connectivity index (χ1v) is 7.59. The van der Waals surface area contributed by atoms with E-state index in [2.05, 4.69) is 25.6 Å². The van der Waals surface area contributed by atoms with Crippen molar-refractivity contribution in [1.29, 1.82) is 0 Å². The maximum absolute atomic E-state index is 11.8. The van der Waals surface area contributed by atoms with Gasteiger partial charge in [-0.25, -0.2) is 4.57 Å². The third-order valence-corrected chi connectivity index (χ3v) is 4.24. The van der Waals surface area contributed by atoms with Gasteiger partial charge < -0.3 is 9.42 Å². The fourth-order valence-electron chi connectivity index (χ4n) is 1.33. The van der Waals surface area contributed by atoms with Gasteiger partial charge in [-0.3, -0.25) is 4.84 Å². The summed E-state index contributed by atoms with van der Waals surface area (Å²) in [4.78, 5) is 15.1. The molecule has 1 unspecified atom stereocenters. The molecule has 0 aliphatic rings. The smallest absolute Gasteiger partial charge is 0.410 e. The summed E-state index contributed by atoms with van der Waals surface area (Å²) in [6.45, 7) is 6.15. The Balaban J connectivity index is 3.02. The van der Waals surface area contributed by atoms with Crippen molar-refractivity contribution in [3.63, 3.8) is 0 Å². The van der Waals surface area contributed by atoms with Crippen molar-refractivity contribution in [3.8, 4) is 5.75 Å². The SMILES string of the molecule is CON(C)P(=O)(O)Oc1ccc(C(C)(C)C)cc1Cl. The second kappa shape index (κ2) is 5.81. The highest BCUT2D eigenvalue weighted by Gasteiger charge is 2.29. The molecule has 19 heavy (non-hydrogen) atoms. The summed E-state index contributed by atoms with van der Waals surface area (Å²) in [6, 6.07) is 5.12.